The molecule has 0 aliphatic rings. The van der Waals surface area contributed by atoms with Crippen molar-refractivity contribution in [2.45, 2.75) is 104 Å². The van der Waals surface area contributed by atoms with Crippen LogP contribution >= 0.6 is 0 Å². The molecule has 0 spiro atoms. The first-order valence-electron chi connectivity index (χ1n) is 12.1. The zero-order chi connectivity index (χ0) is 23.5. The van der Waals surface area contributed by atoms with E-state index in [0.29, 0.717) is 18.6 Å². The van der Waals surface area contributed by atoms with Crippen LogP contribution in [0.5, 0.6) is 0 Å². The number of hydrogen-bond donors (Lipinski definition) is 2. The van der Waals surface area contributed by atoms with Crippen LogP contribution in [0.2, 0.25) is 0 Å². The fraction of sp³-hybridized carbons (Fsp3) is 0.731. The Balaban J connectivity index is 4.26. The van der Waals surface area contributed by atoms with E-state index in [4.69, 9.17) is 5.11 Å². The third-order valence-electron chi connectivity index (χ3n) is 5.93. The number of hydrogen-bond acceptors (Lipinski definition) is 3. The molecule has 31 heavy (non-hydrogen) atoms. The second-order valence-electron chi connectivity index (χ2n) is 8.60. The second-order valence-corrected chi connectivity index (χ2v) is 8.60. The quantitative estimate of drug-likeness (QED) is 0.161. The molecule has 2 N–H and O–H groups in total. The number of ketones is 1. The molecule has 3 atom stereocenters. The Labute approximate surface area is 189 Å². The summed E-state index contributed by atoms with van der Waals surface area (Å²) in [5.41, 5.74) is 0. The van der Waals surface area contributed by atoms with Gasteiger partial charge in [0.2, 0.25) is 0 Å². The van der Waals surface area contributed by atoms with Crippen LogP contribution in [0.1, 0.15) is 104 Å². The van der Waals surface area contributed by atoms with E-state index in [2.05, 4.69) is 19.9 Å². The fourth-order valence-electron chi connectivity index (χ4n) is 3.62. The normalized spacial score (nSPS) is 14.7. The third kappa shape index (κ3) is 15.5. The van der Waals surface area contributed by atoms with Crippen molar-refractivity contribution in [2.75, 3.05) is 0 Å². The van der Waals surface area contributed by atoms with Crippen LogP contribution in [-0.4, -0.2) is 27.9 Å². The molecule has 5 heteroatoms. The molecular weight excluding hydrogens is 392 g/mol. The SMILES string of the molecule is CCCCCC(/C=C/C=C\CCCCCCCC(=O)C(C)CC)C(CC(=O)O)C(=O)O. The summed E-state index contributed by atoms with van der Waals surface area (Å²) in [4.78, 5) is 34.4. The van der Waals surface area contributed by atoms with E-state index in [-0.39, 0.29) is 18.3 Å². The summed E-state index contributed by atoms with van der Waals surface area (Å²) in [6.45, 7) is 6.15. The number of aliphatic carboxylic acids is 2. The molecule has 0 aliphatic heterocycles. The van der Waals surface area contributed by atoms with E-state index < -0.39 is 17.9 Å². The van der Waals surface area contributed by atoms with Gasteiger partial charge in [-0.2, -0.15) is 0 Å². The minimum atomic E-state index is -1.07. The van der Waals surface area contributed by atoms with Crippen molar-refractivity contribution < 1.29 is 24.6 Å². The van der Waals surface area contributed by atoms with E-state index in [1.165, 1.54) is 0 Å². The number of carboxylic acids is 2. The van der Waals surface area contributed by atoms with Gasteiger partial charge in [0.05, 0.1) is 12.3 Å². The molecule has 0 fully saturated rings. The summed E-state index contributed by atoms with van der Waals surface area (Å²) >= 11 is 0. The number of carbonyl (C=O) groups is 3. The summed E-state index contributed by atoms with van der Waals surface area (Å²) < 4.78 is 0. The molecule has 0 saturated carbocycles. The van der Waals surface area contributed by atoms with Crippen molar-refractivity contribution in [3.05, 3.63) is 24.3 Å². The number of carboxylic acid groups (broad SMARTS) is 2. The van der Waals surface area contributed by atoms with E-state index in [9.17, 15) is 19.5 Å². The average molecular weight is 437 g/mol. The smallest absolute Gasteiger partial charge is 0.307 e. The highest BCUT2D eigenvalue weighted by molar-refractivity contribution is 5.80. The van der Waals surface area contributed by atoms with Gasteiger partial charge < -0.3 is 10.2 Å². The predicted molar refractivity (Wildman–Crippen MR) is 126 cm³/mol. The lowest BCUT2D eigenvalue weighted by molar-refractivity contribution is -0.149. The van der Waals surface area contributed by atoms with E-state index in [1.54, 1.807) is 0 Å². The third-order valence-corrected chi connectivity index (χ3v) is 5.93. The molecule has 0 saturated heterocycles. The zero-order valence-corrected chi connectivity index (χ0v) is 19.9. The van der Waals surface area contributed by atoms with Gasteiger partial charge in [-0.3, -0.25) is 14.4 Å². The van der Waals surface area contributed by atoms with Gasteiger partial charge in [0, 0.05) is 12.3 Å². The predicted octanol–water partition coefficient (Wildman–Crippen LogP) is 6.82. The molecule has 0 aromatic carbocycles. The number of carbonyl (C=O) groups excluding carboxylic acids is 1. The average Bonchev–Trinajstić information content (AvgIpc) is 2.73. The maximum absolute atomic E-state index is 11.8. The molecular formula is C26H44O5. The Bertz CT molecular complexity index is 564. The number of unbranched alkanes of at least 4 members (excludes halogenated alkanes) is 7. The first-order chi connectivity index (χ1) is 14.8. The maximum atomic E-state index is 11.8. The minimum Gasteiger partial charge on any atom is -0.481 e. The lowest BCUT2D eigenvalue weighted by Crippen LogP contribution is -2.25. The van der Waals surface area contributed by atoms with Crippen LogP contribution in [0.25, 0.3) is 0 Å². The summed E-state index contributed by atoms with van der Waals surface area (Å²) in [5.74, 6) is -2.67. The van der Waals surface area contributed by atoms with E-state index >= 15 is 0 Å². The lowest BCUT2D eigenvalue weighted by atomic mass is 9.85. The van der Waals surface area contributed by atoms with Gasteiger partial charge in [0.25, 0.3) is 0 Å². The molecule has 0 rings (SSSR count). The topological polar surface area (TPSA) is 91.7 Å². The van der Waals surface area contributed by atoms with Crippen LogP contribution in [0, 0.1) is 17.8 Å². The first kappa shape index (κ1) is 29.1. The lowest BCUT2D eigenvalue weighted by Gasteiger charge is -2.19. The van der Waals surface area contributed by atoms with Crippen molar-refractivity contribution >= 4 is 17.7 Å². The van der Waals surface area contributed by atoms with Crippen molar-refractivity contribution in [2.24, 2.45) is 17.8 Å². The summed E-state index contributed by atoms with van der Waals surface area (Å²) in [5, 5.41) is 18.5. The van der Waals surface area contributed by atoms with E-state index in [1.807, 2.05) is 25.2 Å². The molecule has 0 radical (unpaired) electrons. The molecule has 5 nitrogen and oxygen atoms in total. The Kier molecular flexibility index (Phi) is 17.7. The first-order valence-corrected chi connectivity index (χ1v) is 12.1. The van der Waals surface area contributed by atoms with Crippen LogP contribution in [-0.2, 0) is 14.4 Å². The second kappa shape index (κ2) is 18.8. The Hall–Kier alpha value is -1.91. The maximum Gasteiger partial charge on any atom is 0.307 e. The Morgan fingerprint density at radius 1 is 0.871 bits per heavy atom. The number of rotatable bonds is 20. The van der Waals surface area contributed by atoms with Crippen LogP contribution in [0.15, 0.2) is 24.3 Å². The van der Waals surface area contributed by atoms with Gasteiger partial charge in [-0.15, -0.1) is 0 Å². The molecule has 0 bridgehead atoms. The molecule has 0 aliphatic carbocycles. The molecule has 3 unspecified atom stereocenters. The molecule has 0 heterocycles. The van der Waals surface area contributed by atoms with Crippen molar-refractivity contribution in [3.8, 4) is 0 Å². The monoisotopic (exact) mass is 436 g/mol. The summed E-state index contributed by atoms with van der Waals surface area (Å²) in [7, 11) is 0. The molecule has 0 amide bonds. The van der Waals surface area contributed by atoms with Gasteiger partial charge in [0.1, 0.15) is 5.78 Å². The standard InChI is InChI=1S/C26H44O5/c1-4-6-14-17-22(23(26(30)31)20-25(28)29)18-15-12-10-8-7-9-11-13-16-19-24(27)21(3)5-2/h10,12,15,18,21-23H,4-9,11,13-14,16-17,19-20H2,1-3H3,(H,28,29)(H,30,31)/b12-10-,18-15+. The summed E-state index contributed by atoms with van der Waals surface area (Å²) in [6.07, 6.45) is 19.2. The highest BCUT2D eigenvalue weighted by Gasteiger charge is 2.28. The summed E-state index contributed by atoms with van der Waals surface area (Å²) in [6, 6.07) is 0. The van der Waals surface area contributed by atoms with Gasteiger partial charge in [-0.25, -0.2) is 0 Å². The molecule has 178 valence electrons. The molecule has 0 aromatic rings. The van der Waals surface area contributed by atoms with Crippen molar-refractivity contribution in [1.29, 1.82) is 0 Å². The van der Waals surface area contributed by atoms with Gasteiger partial charge in [0.15, 0.2) is 0 Å². The van der Waals surface area contributed by atoms with Crippen LogP contribution in [0.3, 0.4) is 0 Å². The largest absolute Gasteiger partial charge is 0.481 e. The van der Waals surface area contributed by atoms with Gasteiger partial charge in [-0.1, -0.05) is 83.6 Å². The minimum absolute atomic E-state index is 0.194. The van der Waals surface area contributed by atoms with Crippen molar-refractivity contribution in [1.82, 2.24) is 0 Å². The van der Waals surface area contributed by atoms with Crippen LogP contribution in [0.4, 0.5) is 0 Å². The van der Waals surface area contributed by atoms with Crippen LogP contribution < -0.4 is 0 Å². The molecule has 0 aromatic heterocycles. The van der Waals surface area contributed by atoms with Gasteiger partial charge in [-0.05, 0) is 38.0 Å². The van der Waals surface area contributed by atoms with Crippen molar-refractivity contribution in [3.63, 3.8) is 0 Å². The number of allylic oxidation sites excluding steroid dienone is 4. The zero-order valence-electron chi connectivity index (χ0n) is 19.9. The number of Topliss-reactive ketones (excluding diaryl/α,β-unsaturated/α-hetero) is 1. The Morgan fingerprint density at radius 2 is 1.55 bits per heavy atom. The Morgan fingerprint density at radius 3 is 2.16 bits per heavy atom. The highest BCUT2D eigenvalue weighted by Crippen LogP contribution is 2.24. The van der Waals surface area contributed by atoms with Gasteiger partial charge >= 0.3 is 11.9 Å². The fourth-order valence-corrected chi connectivity index (χ4v) is 3.62. The highest BCUT2D eigenvalue weighted by atomic mass is 16.4. The van der Waals surface area contributed by atoms with E-state index in [0.717, 1.165) is 64.2 Å².